The first kappa shape index (κ1) is 35.1. The second-order valence-corrected chi connectivity index (χ2v) is 12.4. The summed E-state index contributed by atoms with van der Waals surface area (Å²) in [6.07, 6.45) is 17.6. The van der Waals surface area contributed by atoms with Gasteiger partial charge in [0.25, 0.3) is 18.1 Å². The van der Waals surface area contributed by atoms with Crippen molar-refractivity contribution in [2.24, 2.45) is 0 Å². The summed E-state index contributed by atoms with van der Waals surface area (Å²) in [4.78, 5) is 46.4. The van der Waals surface area contributed by atoms with Gasteiger partial charge in [0.2, 0.25) is 5.95 Å². The minimum Gasteiger partial charge on any atom is -0.484 e. The number of imidazole rings is 2. The molecule has 0 aliphatic carbocycles. The number of aromatic nitrogens is 8. The molecule has 4 heterocycles. The van der Waals surface area contributed by atoms with Crippen molar-refractivity contribution in [2.45, 2.75) is 0 Å². The zero-order valence-electron chi connectivity index (χ0n) is 29.7. The highest BCUT2D eigenvalue weighted by Gasteiger charge is 2.13. The average Bonchev–Trinajstić information content (AvgIpc) is 3.98. The van der Waals surface area contributed by atoms with E-state index in [0.29, 0.717) is 17.3 Å². The molecule has 4 aromatic heterocycles. The van der Waals surface area contributed by atoms with Crippen molar-refractivity contribution in [3.63, 3.8) is 0 Å². The van der Waals surface area contributed by atoms with Crippen LogP contribution >= 0.6 is 0 Å². The first-order valence-corrected chi connectivity index (χ1v) is 17.5. The molecule has 0 atom stereocenters. The van der Waals surface area contributed by atoms with Crippen molar-refractivity contribution in [1.29, 1.82) is 0 Å². The van der Waals surface area contributed by atoms with Gasteiger partial charge in [-0.05, 0) is 66.2 Å². The fraction of sp³-hybridized carbons (Fsp3) is 0.0476. The van der Waals surface area contributed by atoms with Crippen LogP contribution in [0.2, 0.25) is 0 Å². The maximum atomic E-state index is 12.5. The van der Waals surface area contributed by atoms with E-state index in [0.717, 1.165) is 39.4 Å². The van der Waals surface area contributed by atoms with Gasteiger partial charge in [-0.3, -0.25) is 19.9 Å². The standard InChI is InChI=1S/C42H32N10O4/c53-40(48-39-25-44-38(24-45-39)30-5-2-1-3-6-30)26-55-37-15-11-34(12-16-37)51-19-20-52(29-51)35-8-4-7-31(21-35)32-22-46-42(47-23-32)49-41(54)27-56-36-13-9-33(10-14-36)50-18-17-43-28-50/h1-25,28-29H,26-27H2,(H-,45,46,47,48,49,53,54)/p+1. The van der Waals surface area contributed by atoms with E-state index in [9.17, 15) is 9.59 Å². The molecule has 0 spiro atoms. The van der Waals surface area contributed by atoms with Crippen LogP contribution in [0.5, 0.6) is 11.5 Å². The molecule has 0 unspecified atom stereocenters. The molecular formula is C42H33N10O4+. The largest absolute Gasteiger partial charge is 0.484 e. The molecule has 0 aliphatic heterocycles. The second kappa shape index (κ2) is 16.3. The summed E-state index contributed by atoms with van der Waals surface area (Å²) in [6, 6.07) is 32.4. The van der Waals surface area contributed by atoms with E-state index in [-0.39, 0.29) is 31.0 Å². The van der Waals surface area contributed by atoms with E-state index >= 15 is 0 Å². The number of ether oxygens (including phenoxy) is 2. The summed E-state index contributed by atoms with van der Waals surface area (Å²) in [7, 11) is 0. The lowest BCUT2D eigenvalue weighted by atomic mass is 10.1. The molecule has 0 radical (unpaired) electrons. The van der Waals surface area contributed by atoms with Crippen LogP contribution in [0.15, 0.2) is 165 Å². The maximum Gasteiger partial charge on any atom is 0.264 e. The molecule has 8 aromatic rings. The van der Waals surface area contributed by atoms with Crippen molar-refractivity contribution < 1.29 is 23.6 Å². The normalized spacial score (nSPS) is 10.8. The lowest BCUT2D eigenvalue weighted by Crippen LogP contribution is -2.27. The average molecular weight is 742 g/mol. The quantitative estimate of drug-likeness (QED) is 0.138. The van der Waals surface area contributed by atoms with Gasteiger partial charge < -0.3 is 19.4 Å². The number of hydrogen-bond donors (Lipinski definition) is 2. The number of hydrogen-bond acceptors (Lipinski definition) is 9. The van der Waals surface area contributed by atoms with Crippen molar-refractivity contribution in [3.05, 3.63) is 165 Å². The summed E-state index contributed by atoms with van der Waals surface area (Å²) >= 11 is 0. The molecule has 0 aliphatic rings. The van der Waals surface area contributed by atoms with Crippen LogP contribution in [0.4, 0.5) is 11.8 Å². The maximum absolute atomic E-state index is 12.5. The molecule has 0 bridgehead atoms. The Hall–Kier alpha value is -8.00. The Morgan fingerprint density at radius 3 is 2.04 bits per heavy atom. The molecular weight excluding hydrogens is 709 g/mol. The molecule has 14 nitrogen and oxygen atoms in total. The summed E-state index contributed by atoms with van der Waals surface area (Å²) < 4.78 is 17.2. The van der Waals surface area contributed by atoms with Gasteiger partial charge in [-0.25, -0.2) is 29.1 Å². The van der Waals surface area contributed by atoms with Crippen LogP contribution in [0.3, 0.4) is 0 Å². The first-order chi connectivity index (χ1) is 27.5. The first-order valence-electron chi connectivity index (χ1n) is 17.5. The van der Waals surface area contributed by atoms with Gasteiger partial charge >= 0.3 is 0 Å². The SMILES string of the molecule is O=C(COc1ccc(-[n+]2ccn(-c3cccc(-c4cnc(NC(=O)COc5ccc(-n6ccnc6)cc5)nc4)c3)c2)cc1)Nc1cnc(-c2ccccc2)cn1. The number of nitrogens with zero attached hydrogens (tertiary/aromatic N) is 8. The number of nitrogens with one attached hydrogen (secondary N) is 2. The van der Waals surface area contributed by atoms with E-state index in [2.05, 4.69) is 35.6 Å². The molecule has 0 fully saturated rings. The van der Waals surface area contributed by atoms with Crippen LogP contribution in [0.1, 0.15) is 0 Å². The highest BCUT2D eigenvalue weighted by molar-refractivity contribution is 5.91. The van der Waals surface area contributed by atoms with Crippen molar-refractivity contribution >= 4 is 23.6 Å². The molecule has 274 valence electrons. The lowest BCUT2D eigenvalue weighted by molar-refractivity contribution is -0.594. The number of carbonyl (C=O) groups is 2. The Labute approximate surface area is 320 Å². The van der Waals surface area contributed by atoms with E-state index in [1.807, 2.05) is 130 Å². The van der Waals surface area contributed by atoms with Gasteiger partial charge in [0, 0.05) is 41.6 Å². The van der Waals surface area contributed by atoms with Crippen molar-refractivity contribution in [1.82, 2.24) is 34.1 Å². The molecule has 8 rings (SSSR count). The van der Waals surface area contributed by atoms with Gasteiger partial charge in [0.1, 0.15) is 35.3 Å². The molecule has 4 aromatic carbocycles. The van der Waals surface area contributed by atoms with Gasteiger partial charge in [-0.1, -0.05) is 42.5 Å². The third-order valence-corrected chi connectivity index (χ3v) is 8.52. The Bertz CT molecular complexity index is 2540. The van der Waals surface area contributed by atoms with Gasteiger partial charge in [-0.15, -0.1) is 0 Å². The van der Waals surface area contributed by atoms with E-state index in [4.69, 9.17) is 9.47 Å². The topological polar surface area (TPSA) is 155 Å². The predicted molar refractivity (Wildman–Crippen MR) is 208 cm³/mol. The van der Waals surface area contributed by atoms with Crippen LogP contribution in [0, 0.1) is 0 Å². The van der Waals surface area contributed by atoms with E-state index in [1.165, 1.54) is 6.20 Å². The zero-order chi connectivity index (χ0) is 38.1. The Balaban J connectivity index is 0.820. The molecule has 2 amide bonds. The van der Waals surface area contributed by atoms with E-state index in [1.54, 1.807) is 43.2 Å². The zero-order valence-corrected chi connectivity index (χ0v) is 29.7. The molecule has 0 saturated heterocycles. The Morgan fingerprint density at radius 1 is 0.625 bits per heavy atom. The highest BCUT2D eigenvalue weighted by atomic mass is 16.5. The van der Waals surface area contributed by atoms with Gasteiger partial charge in [0.05, 0.1) is 24.4 Å². The van der Waals surface area contributed by atoms with Crippen LogP contribution in [0.25, 0.3) is 39.4 Å². The minimum atomic E-state index is -0.374. The number of anilines is 2. The number of rotatable bonds is 13. The summed E-state index contributed by atoms with van der Waals surface area (Å²) in [5.41, 5.74) is 6.13. The molecule has 0 saturated carbocycles. The summed E-state index contributed by atoms with van der Waals surface area (Å²) in [6.45, 7) is -0.364. The van der Waals surface area contributed by atoms with Crippen LogP contribution in [-0.4, -0.2) is 59.1 Å². The van der Waals surface area contributed by atoms with E-state index < -0.39 is 0 Å². The summed E-state index contributed by atoms with van der Waals surface area (Å²) in [5.74, 6) is 0.927. The third-order valence-electron chi connectivity index (χ3n) is 8.52. The number of benzene rings is 4. The Morgan fingerprint density at radius 2 is 1.34 bits per heavy atom. The number of carbonyl (C=O) groups excluding carboxylic acids is 2. The smallest absolute Gasteiger partial charge is 0.264 e. The third kappa shape index (κ3) is 8.61. The van der Waals surface area contributed by atoms with Crippen LogP contribution < -0.4 is 24.7 Å². The fourth-order valence-corrected chi connectivity index (χ4v) is 5.68. The predicted octanol–water partition coefficient (Wildman–Crippen LogP) is 5.89. The van der Waals surface area contributed by atoms with Crippen LogP contribution in [-0.2, 0) is 9.59 Å². The van der Waals surface area contributed by atoms with Gasteiger partial charge in [0.15, 0.2) is 19.0 Å². The number of amides is 2. The van der Waals surface area contributed by atoms with Crippen molar-refractivity contribution in [2.75, 3.05) is 23.8 Å². The van der Waals surface area contributed by atoms with Crippen molar-refractivity contribution in [3.8, 4) is 50.9 Å². The lowest BCUT2D eigenvalue weighted by Gasteiger charge is -2.08. The summed E-state index contributed by atoms with van der Waals surface area (Å²) in [5, 5.41) is 5.39. The highest BCUT2D eigenvalue weighted by Crippen LogP contribution is 2.22. The monoisotopic (exact) mass is 741 g/mol. The minimum absolute atomic E-state index is 0.178. The second-order valence-electron chi connectivity index (χ2n) is 12.4. The molecule has 2 N–H and O–H groups in total. The Kier molecular flexibility index (Phi) is 10.2. The molecule has 56 heavy (non-hydrogen) atoms. The fourth-order valence-electron chi connectivity index (χ4n) is 5.68. The molecule has 14 heteroatoms. The van der Waals surface area contributed by atoms with Gasteiger partial charge in [-0.2, -0.15) is 0 Å².